The Balaban J connectivity index is 2.15. The second kappa shape index (κ2) is 5.54. The summed E-state index contributed by atoms with van der Waals surface area (Å²) in [6.07, 6.45) is 1.03. The molecule has 0 aliphatic carbocycles. The van der Waals surface area contributed by atoms with Crippen LogP contribution < -0.4 is 11.1 Å². The fraction of sp³-hybridized carbons (Fsp3) is 0.500. The number of halogens is 1. The van der Waals surface area contributed by atoms with E-state index in [0.717, 1.165) is 31.1 Å². The monoisotopic (exact) mass is 204 g/mol. The van der Waals surface area contributed by atoms with Gasteiger partial charge in [0.15, 0.2) is 0 Å². The van der Waals surface area contributed by atoms with E-state index in [2.05, 4.69) is 5.32 Å². The van der Waals surface area contributed by atoms with E-state index in [1.165, 1.54) is 4.88 Å². The Hall–Kier alpha value is -0.0900. The van der Waals surface area contributed by atoms with Crippen LogP contribution >= 0.6 is 22.9 Å². The van der Waals surface area contributed by atoms with E-state index in [4.69, 9.17) is 17.3 Å². The van der Waals surface area contributed by atoms with E-state index in [9.17, 15) is 0 Å². The van der Waals surface area contributed by atoms with Gasteiger partial charge in [0.25, 0.3) is 0 Å². The van der Waals surface area contributed by atoms with E-state index < -0.39 is 0 Å². The molecule has 0 aliphatic heterocycles. The predicted octanol–water partition coefficient (Wildman–Crippen LogP) is 1.84. The Labute approximate surface area is 81.7 Å². The average molecular weight is 205 g/mol. The quantitative estimate of drug-likeness (QED) is 0.719. The lowest BCUT2D eigenvalue weighted by Gasteiger charge is -1.99. The van der Waals surface area contributed by atoms with Crippen molar-refractivity contribution in [3.05, 3.63) is 21.3 Å². The van der Waals surface area contributed by atoms with Crippen molar-refractivity contribution < 1.29 is 0 Å². The van der Waals surface area contributed by atoms with Crippen LogP contribution in [0.15, 0.2) is 11.4 Å². The minimum Gasteiger partial charge on any atom is -0.330 e. The zero-order chi connectivity index (χ0) is 8.81. The van der Waals surface area contributed by atoms with E-state index in [0.29, 0.717) is 0 Å². The lowest BCUT2D eigenvalue weighted by molar-refractivity contribution is 0.660. The molecular formula is C8H13ClN2S. The normalized spacial score (nSPS) is 10.5. The fourth-order valence-corrected chi connectivity index (χ4v) is 1.93. The van der Waals surface area contributed by atoms with Gasteiger partial charge in [-0.05, 0) is 25.6 Å². The van der Waals surface area contributed by atoms with Crippen molar-refractivity contribution >= 4 is 22.9 Å². The van der Waals surface area contributed by atoms with Gasteiger partial charge in [0.2, 0.25) is 0 Å². The van der Waals surface area contributed by atoms with Crippen LogP contribution in [0.3, 0.4) is 0 Å². The molecule has 1 aromatic heterocycles. The van der Waals surface area contributed by atoms with Gasteiger partial charge in [-0.15, -0.1) is 11.3 Å². The second-order valence-corrected chi connectivity index (χ2v) is 3.98. The predicted molar refractivity (Wildman–Crippen MR) is 54.7 cm³/mol. The summed E-state index contributed by atoms with van der Waals surface area (Å²) in [5.41, 5.74) is 5.35. The summed E-state index contributed by atoms with van der Waals surface area (Å²) in [4.78, 5) is 1.28. The highest BCUT2D eigenvalue weighted by Gasteiger charge is 1.95. The summed E-state index contributed by atoms with van der Waals surface area (Å²) < 4.78 is 0. The van der Waals surface area contributed by atoms with Crippen LogP contribution in [-0.2, 0) is 6.54 Å². The van der Waals surface area contributed by atoms with Crippen LogP contribution in [0.4, 0.5) is 0 Å². The fourth-order valence-electron chi connectivity index (χ4n) is 0.885. The summed E-state index contributed by atoms with van der Waals surface area (Å²) >= 11 is 7.45. The highest BCUT2D eigenvalue weighted by Crippen LogP contribution is 2.18. The highest BCUT2D eigenvalue weighted by atomic mass is 35.5. The SMILES string of the molecule is NCCCNCc1cc(Cl)cs1. The molecule has 0 saturated heterocycles. The number of nitrogens with two attached hydrogens (primary N) is 1. The molecule has 1 heterocycles. The van der Waals surface area contributed by atoms with Gasteiger partial charge in [0, 0.05) is 16.8 Å². The molecule has 0 atom stereocenters. The van der Waals surface area contributed by atoms with Gasteiger partial charge < -0.3 is 11.1 Å². The number of hydrogen-bond acceptors (Lipinski definition) is 3. The zero-order valence-electron chi connectivity index (χ0n) is 6.85. The van der Waals surface area contributed by atoms with Crippen LogP contribution in [0, 0.1) is 0 Å². The molecule has 0 spiro atoms. The smallest absolute Gasteiger partial charge is 0.0516 e. The third kappa shape index (κ3) is 3.54. The van der Waals surface area contributed by atoms with Crippen molar-refractivity contribution in [3.63, 3.8) is 0 Å². The van der Waals surface area contributed by atoms with Gasteiger partial charge in [-0.1, -0.05) is 11.6 Å². The first kappa shape index (κ1) is 9.99. The van der Waals surface area contributed by atoms with Crippen LogP contribution in [0.2, 0.25) is 5.02 Å². The molecule has 2 nitrogen and oxygen atoms in total. The molecule has 68 valence electrons. The molecule has 1 rings (SSSR count). The maximum atomic E-state index is 5.76. The second-order valence-electron chi connectivity index (χ2n) is 2.55. The average Bonchev–Trinajstić information content (AvgIpc) is 2.45. The Morgan fingerprint density at radius 2 is 2.42 bits per heavy atom. The van der Waals surface area contributed by atoms with Crippen molar-refractivity contribution in [1.29, 1.82) is 0 Å². The number of nitrogens with one attached hydrogen (secondary N) is 1. The molecule has 0 aromatic carbocycles. The van der Waals surface area contributed by atoms with Gasteiger partial charge in [-0.3, -0.25) is 0 Å². The lowest BCUT2D eigenvalue weighted by Crippen LogP contribution is -2.16. The molecule has 0 amide bonds. The lowest BCUT2D eigenvalue weighted by atomic mass is 10.4. The molecule has 0 saturated carbocycles. The first-order valence-electron chi connectivity index (χ1n) is 3.96. The summed E-state index contributed by atoms with van der Waals surface area (Å²) in [5, 5.41) is 6.06. The Kier molecular flexibility index (Phi) is 4.61. The maximum absolute atomic E-state index is 5.76. The van der Waals surface area contributed by atoms with Gasteiger partial charge in [0.05, 0.1) is 5.02 Å². The molecule has 1 aromatic rings. The molecule has 3 N–H and O–H groups in total. The number of thiophene rings is 1. The maximum Gasteiger partial charge on any atom is 0.0516 e. The van der Waals surface area contributed by atoms with Gasteiger partial charge >= 0.3 is 0 Å². The first-order valence-corrected chi connectivity index (χ1v) is 5.22. The number of rotatable bonds is 5. The van der Waals surface area contributed by atoms with E-state index in [-0.39, 0.29) is 0 Å². The highest BCUT2D eigenvalue weighted by molar-refractivity contribution is 7.10. The minimum atomic E-state index is 0.748. The van der Waals surface area contributed by atoms with Crippen LogP contribution in [0.5, 0.6) is 0 Å². The van der Waals surface area contributed by atoms with Crippen molar-refractivity contribution in [3.8, 4) is 0 Å². The summed E-state index contributed by atoms with van der Waals surface area (Å²) in [7, 11) is 0. The molecule has 0 aliphatic rings. The molecular weight excluding hydrogens is 192 g/mol. The minimum absolute atomic E-state index is 0.748. The number of hydrogen-bond donors (Lipinski definition) is 2. The Morgan fingerprint density at radius 1 is 1.58 bits per heavy atom. The van der Waals surface area contributed by atoms with Crippen molar-refractivity contribution in [1.82, 2.24) is 5.32 Å². The van der Waals surface area contributed by atoms with Crippen LogP contribution in [0.1, 0.15) is 11.3 Å². The summed E-state index contributed by atoms with van der Waals surface area (Å²) in [6.45, 7) is 2.63. The van der Waals surface area contributed by atoms with E-state index >= 15 is 0 Å². The Morgan fingerprint density at radius 3 is 3.00 bits per heavy atom. The first-order chi connectivity index (χ1) is 5.83. The molecule has 0 unspecified atom stereocenters. The van der Waals surface area contributed by atoms with Gasteiger partial charge in [-0.25, -0.2) is 0 Å². The standard InChI is InChI=1S/C8H13ClN2S/c9-7-4-8(12-6-7)5-11-3-1-2-10/h4,6,11H,1-3,5,10H2. The van der Waals surface area contributed by atoms with Crippen molar-refractivity contribution in [2.24, 2.45) is 5.73 Å². The largest absolute Gasteiger partial charge is 0.330 e. The van der Waals surface area contributed by atoms with Crippen LogP contribution in [0.25, 0.3) is 0 Å². The van der Waals surface area contributed by atoms with Crippen LogP contribution in [-0.4, -0.2) is 13.1 Å². The van der Waals surface area contributed by atoms with Crippen molar-refractivity contribution in [2.75, 3.05) is 13.1 Å². The molecule has 0 radical (unpaired) electrons. The summed E-state index contributed by atoms with van der Waals surface area (Å²) in [6, 6.07) is 1.99. The Bertz CT molecular complexity index is 225. The molecule has 0 fully saturated rings. The van der Waals surface area contributed by atoms with Gasteiger partial charge in [0.1, 0.15) is 0 Å². The molecule has 4 heteroatoms. The summed E-state index contributed by atoms with van der Waals surface area (Å²) in [5.74, 6) is 0. The van der Waals surface area contributed by atoms with E-state index in [1.54, 1.807) is 11.3 Å². The van der Waals surface area contributed by atoms with Crippen molar-refractivity contribution in [2.45, 2.75) is 13.0 Å². The topological polar surface area (TPSA) is 38.0 Å². The third-order valence-corrected chi connectivity index (χ3v) is 2.76. The third-order valence-electron chi connectivity index (χ3n) is 1.48. The zero-order valence-corrected chi connectivity index (χ0v) is 8.42. The van der Waals surface area contributed by atoms with E-state index in [1.807, 2.05) is 11.4 Å². The molecule has 0 bridgehead atoms. The molecule has 12 heavy (non-hydrogen) atoms. The van der Waals surface area contributed by atoms with Gasteiger partial charge in [-0.2, -0.15) is 0 Å².